The first kappa shape index (κ1) is 23.5. The van der Waals surface area contributed by atoms with Gasteiger partial charge in [-0.3, -0.25) is 4.90 Å². The summed E-state index contributed by atoms with van der Waals surface area (Å²) in [5.74, 6) is 1.07. The van der Waals surface area contributed by atoms with E-state index < -0.39 is 0 Å². The molecule has 5 rings (SSSR count). The number of fused-ring (bicyclic) bond motifs is 5. The van der Waals surface area contributed by atoms with Crippen molar-refractivity contribution in [2.24, 2.45) is 11.8 Å². The second kappa shape index (κ2) is 9.78. The van der Waals surface area contributed by atoms with Crippen LogP contribution in [0.1, 0.15) is 37.1 Å². The smallest absolute Gasteiger partial charge is 0.337 e. The zero-order valence-electron chi connectivity index (χ0n) is 21.0. The molecule has 184 valence electrons. The largest absolute Gasteiger partial charge is 0.504 e. The standard InChI is InChI=1S/C29H34N2O4/c1-5-18-16-31-14-13-21-26-24(12-11-20(28(26)34-3)19-9-7-6-8-10-19)30-27(21)25(31)15-22(18)23(17-33-2)29(32)35-4/h6-12,17-18,22,25,30H,5,13-16H2,1-4H3/b23-17+/t18?,22-,25?/m0/s1. The second-order valence-electron chi connectivity index (χ2n) is 9.52. The Morgan fingerprint density at radius 2 is 1.94 bits per heavy atom. The monoisotopic (exact) mass is 474 g/mol. The number of ether oxygens (including phenoxy) is 3. The van der Waals surface area contributed by atoms with Crippen molar-refractivity contribution in [3.8, 4) is 16.9 Å². The number of aromatic amines is 1. The molecule has 0 radical (unpaired) electrons. The van der Waals surface area contributed by atoms with Crippen LogP contribution in [0, 0.1) is 11.8 Å². The van der Waals surface area contributed by atoms with Gasteiger partial charge in [0.15, 0.2) is 0 Å². The highest BCUT2D eigenvalue weighted by atomic mass is 16.5. The molecule has 2 unspecified atom stereocenters. The molecule has 0 saturated carbocycles. The summed E-state index contributed by atoms with van der Waals surface area (Å²) in [6.45, 7) is 4.15. The number of esters is 1. The van der Waals surface area contributed by atoms with Crippen LogP contribution in [0.25, 0.3) is 22.0 Å². The van der Waals surface area contributed by atoms with E-state index in [-0.39, 0.29) is 17.9 Å². The third kappa shape index (κ3) is 4.00. The minimum atomic E-state index is -0.300. The zero-order valence-corrected chi connectivity index (χ0v) is 21.0. The van der Waals surface area contributed by atoms with E-state index in [0.29, 0.717) is 11.5 Å². The summed E-state index contributed by atoms with van der Waals surface area (Å²) in [6, 6.07) is 14.9. The first-order chi connectivity index (χ1) is 17.1. The number of rotatable bonds is 6. The van der Waals surface area contributed by atoms with Gasteiger partial charge < -0.3 is 19.2 Å². The number of carbonyl (C=O) groups is 1. The van der Waals surface area contributed by atoms with E-state index in [4.69, 9.17) is 14.2 Å². The predicted octanol–water partition coefficient (Wildman–Crippen LogP) is 5.49. The first-order valence-corrected chi connectivity index (χ1v) is 12.4. The molecule has 0 bridgehead atoms. The molecule has 1 saturated heterocycles. The molecule has 2 aliphatic rings. The fraction of sp³-hybridized carbons (Fsp3) is 0.414. The fourth-order valence-electron chi connectivity index (χ4n) is 6.21. The number of nitrogens with one attached hydrogen (secondary N) is 1. The number of benzene rings is 2. The number of hydrogen-bond donors (Lipinski definition) is 1. The van der Waals surface area contributed by atoms with Gasteiger partial charge in [0.1, 0.15) is 5.75 Å². The van der Waals surface area contributed by atoms with Gasteiger partial charge in [-0.1, -0.05) is 43.7 Å². The van der Waals surface area contributed by atoms with E-state index in [9.17, 15) is 4.79 Å². The summed E-state index contributed by atoms with van der Waals surface area (Å²) in [5.41, 5.74) is 6.57. The molecule has 0 spiro atoms. The summed E-state index contributed by atoms with van der Waals surface area (Å²) in [6.07, 6.45) is 4.40. The molecule has 3 heterocycles. The number of piperidine rings is 1. The number of aromatic nitrogens is 1. The highest BCUT2D eigenvalue weighted by molar-refractivity contribution is 5.97. The van der Waals surface area contributed by atoms with Gasteiger partial charge in [0.05, 0.1) is 39.2 Å². The molecule has 6 heteroatoms. The average molecular weight is 475 g/mol. The third-order valence-corrected chi connectivity index (χ3v) is 7.87. The van der Waals surface area contributed by atoms with Crippen LogP contribution in [-0.4, -0.2) is 50.3 Å². The third-order valence-electron chi connectivity index (χ3n) is 7.87. The van der Waals surface area contributed by atoms with Crippen molar-refractivity contribution in [3.05, 3.63) is 65.6 Å². The maximum absolute atomic E-state index is 12.7. The van der Waals surface area contributed by atoms with Crippen LogP contribution in [0.3, 0.4) is 0 Å². The summed E-state index contributed by atoms with van der Waals surface area (Å²) in [4.78, 5) is 19.0. The van der Waals surface area contributed by atoms with Crippen LogP contribution < -0.4 is 4.74 Å². The maximum atomic E-state index is 12.7. The Morgan fingerprint density at radius 1 is 1.14 bits per heavy atom. The van der Waals surface area contributed by atoms with Gasteiger partial charge in [0, 0.05) is 35.2 Å². The SMILES string of the molecule is CCC1CN2CCc3c([nH]c4ccc(-c5ccccc5)c(OC)c34)C2C[C@@H]1/C(=C\OC)C(=O)OC. The van der Waals surface area contributed by atoms with E-state index in [1.165, 1.54) is 23.8 Å². The van der Waals surface area contributed by atoms with Crippen molar-refractivity contribution in [1.82, 2.24) is 9.88 Å². The first-order valence-electron chi connectivity index (χ1n) is 12.4. The average Bonchev–Trinajstić information content (AvgIpc) is 3.29. The van der Waals surface area contributed by atoms with E-state index in [1.807, 2.05) is 6.07 Å². The molecule has 35 heavy (non-hydrogen) atoms. The van der Waals surface area contributed by atoms with Crippen LogP contribution in [0.5, 0.6) is 5.75 Å². The summed E-state index contributed by atoms with van der Waals surface area (Å²) < 4.78 is 16.5. The zero-order chi connectivity index (χ0) is 24.5. The minimum absolute atomic E-state index is 0.0767. The van der Waals surface area contributed by atoms with Gasteiger partial charge in [-0.25, -0.2) is 4.79 Å². The Kier molecular flexibility index (Phi) is 6.56. The van der Waals surface area contributed by atoms with Gasteiger partial charge in [0.25, 0.3) is 0 Å². The molecule has 6 nitrogen and oxygen atoms in total. The Balaban J connectivity index is 1.59. The predicted molar refractivity (Wildman–Crippen MR) is 137 cm³/mol. The van der Waals surface area contributed by atoms with E-state index in [2.05, 4.69) is 53.2 Å². The summed E-state index contributed by atoms with van der Waals surface area (Å²) >= 11 is 0. The van der Waals surface area contributed by atoms with Gasteiger partial charge in [0.2, 0.25) is 0 Å². The second-order valence-corrected chi connectivity index (χ2v) is 9.52. The maximum Gasteiger partial charge on any atom is 0.337 e. The molecule has 1 fully saturated rings. The van der Waals surface area contributed by atoms with Crippen molar-refractivity contribution in [1.29, 1.82) is 0 Å². The van der Waals surface area contributed by atoms with Crippen LogP contribution >= 0.6 is 0 Å². The van der Waals surface area contributed by atoms with Gasteiger partial charge in [-0.2, -0.15) is 0 Å². The molecule has 1 N–H and O–H groups in total. The lowest BCUT2D eigenvalue weighted by atomic mass is 9.74. The van der Waals surface area contributed by atoms with Crippen LogP contribution in [-0.2, 0) is 20.7 Å². The molecule has 3 aromatic rings. The molecule has 0 aliphatic carbocycles. The van der Waals surface area contributed by atoms with Crippen molar-refractivity contribution >= 4 is 16.9 Å². The molecule has 3 atom stereocenters. The summed E-state index contributed by atoms with van der Waals surface area (Å²) in [7, 11) is 4.79. The lowest BCUT2D eigenvalue weighted by Gasteiger charge is -2.46. The van der Waals surface area contributed by atoms with Gasteiger partial charge in [-0.15, -0.1) is 0 Å². The van der Waals surface area contributed by atoms with Gasteiger partial charge in [-0.05, 0) is 47.9 Å². The lowest BCUT2D eigenvalue weighted by Crippen LogP contribution is -2.47. The Morgan fingerprint density at radius 3 is 2.63 bits per heavy atom. The van der Waals surface area contributed by atoms with E-state index >= 15 is 0 Å². The normalized spacial score (nSPS) is 22.4. The van der Waals surface area contributed by atoms with Crippen LogP contribution in [0.2, 0.25) is 0 Å². The number of carbonyl (C=O) groups excluding carboxylic acids is 1. The van der Waals surface area contributed by atoms with Crippen LogP contribution in [0.4, 0.5) is 0 Å². The molecular formula is C29H34N2O4. The summed E-state index contributed by atoms with van der Waals surface area (Å²) in [5, 5.41) is 1.18. The van der Waals surface area contributed by atoms with Crippen molar-refractivity contribution in [2.75, 3.05) is 34.4 Å². The highest BCUT2D eigenvalue weighted by Crippen LogP contribution is 2.48. The molecule has 1 aromatic heterocycles. The van der Waals surface area contributed by atoms with Crippen molar-refractivity contribution in [3.63, 3.8) is 0 Å². The minimum Gasteiger partial charge on any atom is -0.504 e. The molecule has 0 amide bonds. The lowest BCUT2D eigenvalue weighted by molar-refractivity contribution is -0.137. The number of hydrogen-bond acceptors (Lipinski definition) is 5. The quantitative estimate of drug-likeness (QED) is 0.291. The van der Waals surface area contributed by atoms with Crippen LogP contribution in [0.15, 0.2) is 54.3 Å². The Hall–Kier alpha value is -3.25. The Labute approximate surface area is 206 Å². The number of H-pyrrole nitrogens is 1. The topological polar surface area (TPSA) is 63.8 Å². The number of nitrogens with zero attached hydrogens (tertiary/aromatic N) is 1. The van der Waals surface area contributed by atoms with E-state index in [1.54, 1.807) is 20.5 Å². The fourth-order valence-corrected chi connectivity index (χ4v) is 6.21. The van der Waals surface area contributed by atoms with Crippen molar-refractivity contribution in [2.45, 2.75) is 32.2 Å². The number of methoxy groups -OCH3 is 3. The molecule has 2 aromatic carbocycles. The molecule has 2 aliphatic heterocycles. The van der Waals surface area contributed by atoms with Gasteiger partial charge >= 0.3 is 5.97 Å². The van der Waals surface area contributed by atoms with E-state index in [0.717, 1.165) is 54.7 Å². The highest BCUT2D eigenvalue weighted by Gasteiger charge is 2.42. The van der Waals surface area contributed by atoms with Crippen molar-refractivity contribution < 1.29 is 19.0 Å². The molecular weight excluding hydrogens is 440 g/mol. The Bertz CT molecular complexity index is 1250.